The molecule has 0 saturated heterocycles. The SMILES string of the molecule is c1ccc(-c2ccc(-c3cc(N(c4ccc(-c5ccccc5)cc4)c4ccc(-c5ccccc5)cc4)c4c(c3)oc3c5ccccc5c5ccccc5c34)cc2)cc1. The van der Waals surface area contributed by atoms with E-state index in [1.807, 2.05) is 0 Å². The molecule has 1 heterocycles. The van der Waals surface area contributed by atoms with Crippen molar-refractivity contribution in [1.82, 2.24) is 0 Å². The van der Waals surface area contributed by atoms with Crippen LogP contribution < -0.4 is 4.90 Å². The van der Waals surface area contributed by atoms with Crippen molar-refractivity contribution in [2.45, 2.75) is 0 Å². The molecule has 0 N–H and O–H groups in total. The zero-order valence-electron chi connectivity index (χ0n) is 31.7. The van der Waals surface area contributed by atoms with Gasteiger partial charge in [0.25, 0.3) is 0 Å². The molecule has 11 aromatic rings. The van der Waals surface area contributed by atoms with E-state index < -0.39 is 0 Å². The minimum atomic E-state index is 0.850. The minimum Gasteiger partial charge on any atom is -0.455 e. The van der Waals surface area contributed by atoms with Crippen LogP contribution in [0.2, 0.25) is 0 Å². The van der Waals surface area contributed by atoms with E-state index in [1.165, 1.54) is 49.5 Å². The summed E-state index contributed by atoms with van der Waals surface area (Å²) in [6.07, 6.45) is 0. The molecule has 0 bridgehead atoms. The molecule has 1 aromatic heterocycles. The van der Waals surface area contributed by atoms with Gasteiger partial charge in [0, 0.05) is 22.1 Å². The number of rotatable bonds is 7. The molecule has 0 atom stereocenters. The predicted molar refractivity (Wildman–Crippen MR) is 245 cm³/mol. The third-order valence-corrected chi connectivity index (χ3v) is 11.5. The number of hydrogen-bond donors (Lipinski definition) is 0. The van der Waals surface area contributed by atoms with Gasteiger partial charge in [-0.3, -0.25) is 0 Å². The highest BCUT2D eigenvalue weighted by atomic mass is 16.3. The van der Waals surface area contributed by atoms with Gasteiger partial charge >= 0.3 is 0 Å². The quantitative estimate of drug-likeness (QED) is 0.151. The first-order valence-electron chi connectivity index (χ1n) is 19.8. The van der Waals surface area contributed by atoms with Crippen LogP contribution in [0, 0.1) is 0 Å². The summed E-state index contributed by atoms with van der Waals surface area (Å²) in [5.41, 5.74) is 14.2. The molecule has 0 radical (unpaired) electrons. The average molecular weight is 740 g/mol. The van der Waals surface area contributed by atoms with Crippen molar-refractivity contribution in [3.05, 3.63) is 224 Å². The Balaban J connectivity index is 1.20. The van der Waals surface area contributed by atoms with Crippen molar-refractivity contribution in [2.24, 2.45) is 0 Å². The summed E-state index contributed by atoms with van der Waals surface area (Å²) in [7, 11) is 0. The summed E-state index contributed by atoms with van der Waals surface area (Å²) >= 11 is 0. The summed E-state index contributed by atoms with van der Waals surface area (Å²) in [6.45, 7) is 0. The largest absolute Gasteiger partial charge is 0.455 e. The van der Waals surface area contributed by atoms with Gasteiger partial charge in [0.05, 0.1) is 11.1 Å². The van der Waals surface area contributed by atoms with Crippen LogP contribution in [0.25, 0.3) is 88.0 Å². The fourth-order valence-electron chi connectivity index (χ4n) is 8.63. The topological polar surface area (TPSA) is 16.4 Å². The van der Waals surface area contributed by atoms with Crippen molar-refractivity contribution in [1.29, 1.82) is 0 Å². The van der Waals surface area contributed by atoms with Gasteiger partial charge < -0.3 is 9.32 Å². The lowest BCUT2D eigenvalue weighted by atomic mass is 9.94. The van der Waals surface area contributed by atoms with Crippen LogP contribution in [-0.2, 0) is 0 Å². The Morgan fingerprint density at radius 1 is 0.276 bits per heavy atom. The smallest absolute Gasteiger partial charge is 0.143 e. The normalized spacial score (nSPS) is 11.4. The van der Waals surface area contributed by atoms with Crippen LogP contribution in [0.4, 0.5) is 17.1 Å². The third kappa shape index (κ3) is 5.82. The van der Waals surface area contributed by atoms with Crippen LogP contribution in [0.1, 0.15) is 0 Å². The molecule has 58 heavy (non-hydrogen) atoms. The number of benzene rings is 10. The molecule has 0 aliphatic rings. The van der Waals surface area contributed by atoms with E-state index in [0.717, 1.165) is 55.5 Å². The molecule has 272 valence electrons. The summed E-state index contributed by atoms with van der Waals surface area (Å²) in [6, 6.07) is 80.5. The molecule has 0 aliphatic heterocycles. The highest BCUT2D eigenvalue weighted by Crippen LogP contribution is 2.49. The van der Waals surface area contributed by atoms with Gasteiger partial charge in [0.15, 0.2) is 0 Å². The van der Waals surface area contributed by atoms with E-state index in [4.69, 9.17) is 4.42 Å². The van der Waals surface area contributed by atoms with E-state index in [1.54, 1.807) is 0 Å². The van der Waals surface area contributed by atoms with E-state index >= 15 is 0 Å². The molecule has 10 aromatic carbocycles. The van der Waals surface area contributed by atoms with E-state index in [2.05, 4.69) is 229 Å². The Labute approximate surface area is 337 Å². The molecule has 0 fully saturated rings. The molecule has 0 spiro atoms. The summed E-state index contributed by atoms with van der Waals surface area (Å²) < 4.78 is 7.12. The molecule has 0 saturated carbocycles. The van der Waals surface area contributed by atoms with Crippen LogP contribution in [0.5, 0.6) is 0 Å². The third-order valence-electron chi connectivity index (χ3n) is 11.5. The first kappa shape index (κ1) is 33.6. The molecule has 0 aliphatic carbocycles. The average Bonchev–Trinajstić information content (AvgIpc) is 3.71. The predicted octanol–water partition coefficient (Wildman–Crippen LogP) is 16.0. The van der Waals surface area contributed by atoms with Crippen LogP contribution >= 0.6 is 0 Å². The molecule has 2 nitrogen and oxygen atoms in total. The maximum Gasteiger partial charge on any atom is 0.143 e. The Morgan fingerprint density at radius 3 is 1.12 bits per heavy atom. The van der Waals surface area contributed by atoms with E-state index in [9.17, 15) is 0 Å². The number of nitrogens with zero attached hydrogens (tertiary/aromatic N) is 1. The van der Waals surface area contributed by atoms with Gasteiger partial charge in [-0.15, -0.1) is 0 Å². The Kier molecular flexibility index (Phi) is 8.19. The second-order valence-electron chi connectivity index (χ2n) is 14.9. The Bertz CT molecular complexity index is 3140. The molecular weight excluding hydrogens is 703 g/mol. The molecule has 11 rings (SSSR count). The second-order valence-corrected chi connectivity index (χ2v) is 14.9. The maximum absolute atomic E-state index is 7.12. The van der Waals surface area contributed by atoms with E-state index in [-0.39, 0.29) is 0 Å². The van der Waals surface area contributed by atoms with Crippen molar-refractivity contribution in [2.75, 3.05) is 4.90 Å². The second kappa shape index (κ2) is 14.1. The van der Waals surface area contributed by atoms with Crippen LogP contribution in [0.3, 0.4) is 0 Å². The first-order valence-corrected chi connectivity index (χ1v) is 19.8. The lowest BCUT2D eigenvalue weighted by molar-refractivity contribution is 0.673. The lowest BCUT2D eigenvalue weighted by Gasteiger charge is -2.27. The number of anilines is 3. The van der Waals surface area contributed by atoms with Gasteiger partial charge in [0.2, 0.25) is 0 Å². The highest BCUT2D eigenvalue weighted by molar-refractivity contribution is 6.32. The van der Waals surface area contributed by atoms with Crippen molar-refractivity contribution < 1.29 is 4.42 Å². The first-order chi connectivity index (χ1) is 28.8. The van der Waals surface area contributed by atoms with Gasteiger partial charge in [-0.25, -0.2) is 0 Å². The van der Waals surface area contributed by atoms with Crippen molar-refractivity contribution in [3.63, 3.8) is 0 Å². The van der Waals surface area contributed by atoms with Gasteiger partial charge in [0.1, 0.15) is 11.2 Å². The summed E-state index contributed by atoms with van der Waals surface area (Å²) in [4.78, 5) is 2.41. The fourth-order valence-corrected chi connectivity index (χ4v) is 8.63. The minimum absolute atomic E-state index is 0.850. The molecule has 0 amide bonds. The lowest BCUT2D eigenvalue weighted by Crippen LogP contribution is -2.10. The molecule has 2 heteroatoms. The number of hydrogen-bond acceptors (Lipinski definition) is 2. The molecular formula is C56H37NO. The van der Waals surface area contributed by atoms with Gasteiger partial charge in [-0.2, -0.15) is 0 Å². The number of furan rings is 1. The standard InChI is InChI=1S/C56H37NO/c1-4-14-38(15-5-1)41-24-26-44(27-25-41)45-36-52(55-53(37-45)58-56-51-23-13-11-21-49(51)48-20-10-12-22-50(48)54(55)56)57(46-32-28-42(29-33-46)39-16-6-2-7-17-39)47-34-30-43(31-35-47)40-18-8-3-9-19-40/h1-37H. The molecule has 0 unspecified atom stereocenters. The van der Waals surface area contributed by atoms with Crippen LogP contribution in [0.15, 0.2) is 229 Å². The zero-order chi connectivity index (χ0) is 38.4. The van der Waals surface area contributed by atoms with Crippen molar-refractivity contribution in [3.8, 4) is 44.5 Å². The van der Waals surface area contributed by atoms with Crippen molar-refractivity contribution >= 4 is 60.5 Å². The highest BCUT2D eigenvalue weighted by Gasteiger charge is 2.24. The van der Waals surface area contributed by atoms with Gasteiger partial charge in [-0.05, 0) is 97.1 Å². The Hall–Kier alpha value is -7.68. The van der Waals surface area contributed by atoms with Gasteiger partial charge in [-0.1, -0.05) is 188 Å². The summed E-state index contributed by atoms with van der Waals surface area (Å²) in [5.74, 6) is 0. The summed E-state index contributed by atoms with van der Waals surface area (Å²) in [5, 5.41) is 6.89. The maximum atomic E-state index is 7.12. The Morgan fingerprint density at radius 2 is 0.638 bits per heavy atom. The van der Waals surface area contributed by atoms with E-state index in [0.29, 0.717) is 0 Å². The fraction of sp³-hybridized carbons (Fsp3) is 0. The zero-order valence-corrected chi connectivity index (χ0v) is 31.7. The van der Waals surface area contributed by atoms with Crippen LogP contribution in [-0.4, -0.2) is 0 Å². The monoisotopic (exact) mass is 739 g/mol. The number of fused-ring (bicyclic) bond motifs is 8.